The van der Waals surface area contributed by atoms with Gasteiger partial charge in [-0.3, -0.25) is 0 Å². The van der Waals surface area contributed by atoms with E-state index in [4.69, 9.17) is 5.11 Å². The molecule has 0 amide bonds. The number of nitrogens with zero attached hydrogens (tertiary/aromatic N) is 1. The highest BCUT2D eigenvalue weighted by Gasteiger charge is 2.08. The van der Waals surface area contributed by atoms with E-state index < -0.39 is 5.97 Å². The molecule has 1 unspecified atom stereocenters. The highest BCUT2D eigenvalue weighted by atomic mass is 32.2. The molecular weight excluding hydrogens is 248 g/mol. The summed E-state index contributed by atoms with van der Waals surface area (Å²) in [5, 5.41) is 12.2. The zero-order chi connectivity index (χ0) is 13.5. The Kier molecular flexibility index (Phi) is 5.98. The molecule has 0 aliphatic heterocycles. The standard InChI is InChI=1S/C13H20N2O2S/c1-4-18-6-5-9(2)14-12-8-11(13(16)17)7-10(3)15-12/h7-9H,4-6H2,1-3H3,(H,14,15)(H,16,17). The van der Waals surface area contributed by atoms with E-state index in [0.29, 0.717) is 17.6 Å². The van der Waals surface area contributed by atoms with E-state index >= 15 is 0 Å². The third-order valence-electron chi connectivity index (χ3n) is 2.49. The van der Waals surface area contributed by atoms with Gasteiger partial charge < -0.3 is 10.4 Å². The number of aromatic carboxylic acids is 1. The van der Waals surface area contributed by atoms with Crippen molar-refractivity contribution in [1.29, 1.82) is 0 Å². The number of carbonyl (C=O) groups is 1. The third-order valence-corrected chi connectivity index (χ3v) is 3.43. The second-order valence-corrected chi connectivity index (χ2v) is 5.61. The molecule has 0 saturated carbocycles. The van der Waals surface area contributed by atoms with Crippen LogP contribution in [0.2, 0.25) is 0 Å². The van der Waals surface area contributed by atoms with E-state index in [1.807, 2.05) is 11.8 Å². The lowest BCUT2D eigenvalue weighted by molar-refractivity contribution is 0.0696. The molecular formula is C13H20N2O2S. The second-order valence-electron chi connectivity index (χ2n) is 4.22. The first-order valence-electron chi connectivity index (χ1n) is 6.09. The predicted octanol–water partition coefficient (Wildman–Crippen LogP) is 3.03. The van der Waals surface area contributed by atoms with Crippen molar-refractivity contribution in [2.45, 2.75) is 33.2 Å². The molecule has 0 aliphatic carbocycles. The summed E-state index contributed by atoms with van der Waals surface area (Å²) in [5.41, 5.74) is 0.993. The number of carboxylic acids is 1. The number of aryl methyl sites for hydroxylation is 1. The minimum absolute atomic E-state index is 0.278. The lowest BCUT2D eigenvalue weighted by Crippen LogP contribution is -2.17. The summed E-state index contributed by atoms with van der Waals surface area (Å²) in [6, 6.07) is 3.45. The summed E-state index contributed by atoms with van der Waals surface area (Å²) in [7, 11) is 0. The van der Waals surface area contributed by atoms with Crippen LogP contribution in [0.1, 0.15) is 36.3 Å². The second kappa shape index (κ2) is 7.26. The van der Waals surface area contributed by atoms with E-state index in [1.54, 1.807) is 19.1 Å². The molecule has 0 aliphatic rings. The summed E-state index contributed by atoms with van der Waals surface area (Å²) in [6.07, 6.45) is 1.04. The number of carboxylic acid groups (broad SMARTS) is 1. The Balaban J connectivity index is 2.63. The molecule has 0 fully saturated rings. The molecule has 1 heterocycles. The first-order chi connectivity index (χ1) is 8.52. The van der Waals surface area contributed by atoms with E-state index in [1.165, 1.54) is 0 Å². The summed E-state index contributed by atoms with van der Waals surface area (Å²) < 4.78 is 0. The number of hydrogen-bond donors (Lipinski definition) is 2. The average Bonchev–Trinajstić information content (AvgIpc) is 2.28. The van der Waals surface area contributed by atoms with Crippen molar-refractivity contribution in [3.63, 3.8) is 0 Å². The molecule has 2 N–H and O–H groups in total. The molecule has 18 heavy (non-hydrogen) atoms. The SMILES string of the molecule is CCSCCC(C)Nc1cc(C(=O)O)cc(C)n1. The molecule has 100 valence electrons. The number of anilines is 1. The number of pyridine rings is 1. The van der Waals surface area contributed by atoms with Crippen LogP contribution in [0.25, 0.3) is 0 Å². The molecule has 1 rings (SSSR count). The fraction of sp³-hybridized carbons (Fsp3) is 0.538. The molecule has 0 aromatic carbocycles. The van der Waals surface area contributed by atoms with Crippen LogP contribution in [-0.2, 0) is 0 Å². The van der Waals surface area contributed by atoms with E-state index in [9.17, 15) is 4.79 Å². The highest BCUT2D eigenvalue weighted by Crippen LogP contribution is 2.13. The number of aromatic nitrogens is 1. The van der Waals surface area contributed by atoms with Crippen LogP contribution >= 0.6 is 11.8 Å². The van der Waals surface area contributed by atoms with Gasteiger partial charge in [0, 0.05) is 11.7 Å². The van der Waals surface area contributed by atoms with Crippen molar-refractivity contribution in [1.82, 2.24) is 4.98 Å². The van der Waals surface area contributed by atoms with Gasteiger partial charge >= 0.3 is 5.97 Å². The van der Waals surface area contributed by atoms with E-state index in [-0.39, 0.29) is 5.56 Å². The van der Waals surface area contributed by atoms with Crippen molar-refractivity contribution in [2.24, 2.45) is 0 Å². The summed E-state index contributed by atoms with van der Waals surface area (Å²) in [5.74, 6) is 1.94. The fourth-order valence-corrected chi connectivity index (χ4v) is 2.40. The maximum absolute atomic E-state index is 10.9. The van der Waals surface area contributed by atoms with Gasteiger partial charge in [-0.2, -0.15) is 11.8 Å². The fourth-order valence-electron chi connectivity index (χ4n) is 1.60. The molecule has 5 heteroatoms. The molecule has 0 bridgehead atoms. The van der Waals surface area contributed by atoms with E-state index in [2.05, 4.69) is 24.1 Å². The van der Waals surface area contributed by atoms with Crippen LogP contribution in [0.3, 0.4) is 0 Å². The van der Waals surface area contributed by atoms with Gasteiger partial charge in [0.25, 0.3) is 0 Å². The van der Waals surface area contributed by atoms with Gasteiger partial charge in [-0.15, -0.1) is 0 Å². The third kappa shape index (κ3) is 4.96. The van der Waals surface area contributed by atoms with Crippen molar-refractivity contribution in [2.75, 3.05) is 16.8 Å². The van der Waals surface area contributed by atoms with Gasteiger partial charge in [0.1, 0.15) is 5.82 Å². The Morgan fingerprint density at radius 3 is 2.89 bits per heavy atom. The number of hydrogen-bond acceptors (Lipinski definition) is 4. The number of nitrogens with one attached hydrogen (secondary N) is 1. The van der Waals surface area contributed by atoms with Crippen molar-refractivity contribution < 1.29 is 9.90 Å². The normalized spacial score (nSPS) is 12.2. The van der Waals surface area contributed by atoms with Crippen LogP contribution < -0.4 is 5.32 Å². The minimum atomic E-state index is -0.919. The van der Waals surface area contributed by atoms with Crippen LogP contribution in [0.5, 0.6) is 0 Å². The summed E-state index contributed by atoms with van der Waals surface area (Å²) in [4.78, 5) is 15.2. The first-order valence-corrected chi connectivity index (χ1v) is 7.24. The van der Waals surface area contributed by atoms with Crippen LogP contribution in [0.15, 0.2) is 12.1 Å². The van der Waals surface area contributed by atoms with Crippen molar-refractivity contribution in [3.8, 4) is 0 Å². The molecule has 0 radical (unpaired) electrons. The lowest BCUT2D eigenvalue weighted by Gasteiger charge is -2.15. The molecule has 1 aromatic rings. The quantitative estimate of drug-likeness (QED) is 0.744. The van der Waals surface area contributed by atoms with Gasteiger partial charge in [-0.05, 0) is 43.9 Å². The van der Waals surface area contributed by atoms with E-state index in [0.717, 1.165) is 17.9 Å². The van der Waals surface area contributed by atoms with Gasteiger partial charge in [-0.1, -0.05) is 6.92 Å². The Morgan fingerprint density at radius 2 is 2.28 bits per heavy atom. The Labute approximate surface area is 112 Å². The maximum Gasteiger partial charge on any atom is 0.335 e. The molecule has 0 spiro atoms. The Morgan fingerprint density at radius 1 is 1.56 bits per heavy atom. The summed E-state index contributed by atoms with van der Waals surface area (Å²) >= 11 is 1.90. The number of thioether (sulfide) groups is 1. The van der Waals surface area contributed by atoms with Gasteiger partial charge in [0.05, 0.1) is 5.56 Å². The van der Waals surface area contributed by atoms with Gasteiger partial charge in [0.2, 0.25) is 0 Å². The first kappa shape index (κ1) is 14.8. The zero-order valence-electron chi connectivity index (χ0n) is 11.1. The predicted molar refractivity (Wildman–Crippen MR) is 76.6 cm³/mol. The molecule has 1 aromatic heterocycles. The van der Waals surface area contributed by atoms with Crippen LogP contribution in [0, 0.1) is 6.92 Å². The Hall–Kier alpha value is -1.23. The largest absolute Gasteiger partial charge is 0.478 e. The monoisotopic (exact) mass is 268 g/mol. The highest BCUT2D eigenvalue weighted by molar-refractivity contribution is 7.99. The lowest BCUT2D eigenvalue weighted by atomic mass is 10.2. The average molecular weight is 268 g/mol. The van der Waals surface area contributed by atoms with Gasteiger partial charge in [0.15, 0.2) is 0 Å². The number of rotatable bonds is 7. The van der Waals surface area contributed by atoms with Crippen LogP contribution in [0.4, 0.5) is 5.82 Å². The van der Waals surface area contributed by atoms with Crippen molar-refractivity contribution >= 4 is 23.5 Å². The van der Waals surface area contributed by atoms with Crippen LogP contribution in [-0.4, -0.2) is 33.6 Å². The molecule has 0 saturated heterocycles. The topological polar surface area (TPSA) is 62.2 Å². The molecule has 4 nitrogen and oxygen atoms in total. The smallest absolute Gasteiger partial charge is 0.335 e. The zero-order valence-corrected chi connectivity index (χ0v) is 11.9. The van der Waals surface area contributed by atoms with Gasteiger partial charge in [-0.25, -0.2) is 9.78 Å². The Bertz CT molecular complexity index is 410. The van der Waals surface area contributed by atoms with Crippen molar-refractivity contribution in [3.05, 3.63) is 23.4 Å². The molecule has 1 atom stereocenters. The maximum atomic E-state index is 10.9. The summed E-state index contributed by atoms with van der Waals surface area (Å²) in [6.45, 7) is 6.03. The minimum Gasteiger partial charge on any atom is -0.478 e.